The molecule has 56 valence electrons. The maximum atomic E-state index is 10.8. The van der Waals surface area contributed by atoms with Gasteiger partial charge in [-0.1, -0.05) is 5.92 Å². The van der Waals surface area contributed by atoms with Gasteiger partial charge in [-0.25, -0.2) is 4.99 Å². The van der Waals surface area contributed by atoms with Gasteiger partial charge in [-0.05, 0) is 0 Å². The third kappa shape index (κ3) is 1.47. The summed E-state index contributed by atoms with van der Waals surface area (Å²) < 4.78 is 4.83. The molecular formula is C8H7NO2. The van der Waals surface area contributed by atoms with Crippen molar-refractivity contribution in [2.75, 3.05) is 7.11 Å². The van der Waals surface area contributed by atoms with Gasteiger partial charge in [0, 0.05) is 0 Å². The van der Waals surface area contributed by atoms with Crippen LogP contribution in [0.25, 0.3) is 0 Å². The summed E-state index contributed by atoms with van der Waals surface area (Å²) in [5.41, 5.74) is 0.514. The molecule has 1 rings (SSSR count). The second-order valence-corrected chi connectivity index (χ2v) is 2.03. The van der Waals surface area contributed by atoms with Gasteiger partial charge in [-0.3, -0.25) is 4.79 Å². The standard InChI is InChI=1S/C8H7NO2/c1-3-6-4-7(10)5-9-8(6)11-2/h1,5H,4H2,2H3. The second-order valence-electron chi connectivity index (χ2n) is 2.03. The minimum atomic E-state index is -0.0845. The molecule has 0 aromatic heterocycles. The van der Waals surface area contributed by atoms with Gasteiger partial charge in [0.25, 0.3) is 0 Å². The van der Waals surface area contributed by atoms with E-state index >= 15 is 0 Å². The Morgan fingerprint density at radius 3 is 3.09 bits per heavy atom. The highest BCUT2D eigenvalue weighted by Crippen LogP contribution is 2.13. The molecule has 1 aliphatic heterocycles. The molecule has 1 heterocycles. The first-order valence-corrected chi connectivity index (χ1v) is 3.08. The third-order valence-electron chi connectivity index (χ3n) is 1.30. The number of allylic oxidation sites excluding steroid dienone is 1. The number of aliphatic imine (C=N–C) groups is 1. The number of carbonyl (C=O) groups is 1. The molecule has 0 fully saturated rings. The molecular weight excluding hydrogens is 142 g/mol. The van der Waals surface area contributed by atoms with Crippen molar-refractivity contribution in [3.05, 3.63) is 11.5 Å². The van der Waals surface area contributed by atoms with E-state index in [2.05, 4.69) is 10.9 Å². The largest absolute Gasteiger partial charge is 0.480 e. The van der Waals surface area contributed by atoms with Crippen molar-refractivity contribution in [1.82, 2.24) is 0 Å². The van der Waals surface area contributed by atoms with Crippen molar-refractivity contribution in [1.29, 1.82) is 0 Å². The number of hydrogen-bond acceptors (Lipinski definition) is 3. The predicted octanol–water partition coefficient (Wildman–Crippen LogP) is 0.521. The van der Waals surface area contributed by atoms with Crippen LogP contribution in [0.3, 0.4) is 0 Å². The van der Waals surface area contributed by atoms with Gasteiger partial charge in [0.05, 0.1) is 25.3 Å². The lowest BCUT2D eigenvalue weighted by molar-refractivity contribution is -0.112. The predicted molar refractivity (Wildman–Crippen MR) is 41.0 cm³/mol. The summed E-state index contributed by atoms with van der Waals surface area (Å²) in [5.74, 6) is 2.64. The van der Waals surface area contributed by atoms with Gasteiger partial charge >= 0.3 is 0 Å². The number of Topliss-reactive ketones (excluding diaryl/α,β-unsaturated/α-hetero) is 1. The second kappa shape index (κ2) is 3.02. The zero-order chi connectivity index (χ0) is 8.27. The lowest BCUT2D eigenvalue weighted by Crippen LogP contribution is -2.08. The summed E-state index contributed by atoms with van der Waals surface area (Å²) in [4.78, 5) is 14.5. The molecule has 0 aliphatic carbocycles. The van der Waals surface area contributed by atoms with Gasteiger partial charge in [-0.2, -0.15) is 0 Å². The van der Waals surface area contributed by atoms with Crippen LogP contribution in [0, 0.1) is 12.3 Å². The first kappa shape index (κ1) is 7.55. The number of rotatable bonds is 1. The molecule has 0 N–H and O–H groups in total. The fourth-order valence-electron chi connectivity index (χ4n) is 0.793. The molecule has 0 saturated heterocycles. The topological polar surface area (TPSA) is 38.7 Å². The van der Waals surface area contributed by atoms with Crippen LogP contribution in [-0.2, 0) is 9.53 Å². The minimum Gasteiger partial charge on any atom is -0.480 e. The molecule has 0 unspecified atom stereocenters. The molecule has 0 aromatic carbocycles. The van der Waals surface area contributed by atoms with E-state index in [1.54, 1.807) is 0 Å². The number of ketones is 1. The number of carbonyl (C=O) groups excluding carboxylic acids is 1. The lowest BCUT2D eigenvalue weighted by Gasteiger charge is -2.07. The first-order valence-electron chi connectivity index (χ1n) is 3.08. The SMILES string of the molecule is C#CC1=C(OC)N=CC(=O)C1. The van der Waals surface area contributed by atoms with Crippen molar-refractivity contribution in [3.63, 3.8) is 0 Å². The summed E-state index contributed by atoms with van der Waals surface area (Å²) >= 11 is 0. The molecule has 0 spiro atoms. The van der Waals surface area contributed by atoms with Crippen molar-refractivity contribution < 1.29 is 9.53 Å². The molecule has 0 radical (unpaired) electrons. The van der Waals surface area contributed by atoms with E-state index in [4.69, 9.17) is 11.2 Å². The Bertz CT molecular complexity index is 281. The minimum absolute atomic E-state index is 0.0845. The smallest absolute Gasteiger partial charge is 0.225 e. The van der Waals surface area contributed by atoms with Crippen molar-refractivity contribution in [3.8, 4) is 12.3 Å². The fraction of sp³-hybridized carbons (Fsp3) is 0.250. The van der Waals surface area contributed by atoms with Crippen LogP contribution in [0.4, 0.5) is 0 Å². The Labute approximate surface area is 64.8 Å². The highest BCUT2D eigenvalue weighted by atomic mass is 16.5. The Balaban J connectivity index is 2.96. The van der Waals surface area contributed by atoms with E-state index in [1.165, 1.54) is 13.3 Å². The van der Waals surface area contributed by atoms with Crippen LogP contribution in [0.1, 0.15) is 6.42 Å². The summed E-state index contributed by atoms with van der Waals surface area (Å²) in [7, 11) is 1.47. The molecule has 3 nitrogen and oxygen atoms in total. The van der Waals surface area contributed by atoms with E-state index in [1.807, 2.05) is 0 Å². The lowest BCUT2D eigenvalue weighted by atomic mass is 10.1. The highest BCUT2D eigenvalue weighted by molar-refractivity contribution is 6.29. The average Bonchev–Trinajstić information content (AvgIpc) is 2.04. The van der Waals surface area contributed by atoms with E-state index in [0.717, 1.165) is 0 Å². The van der Waals surface area contributed by atoms with Crippen LogP contribution in [0.15, 0.2) is 16.4 Å². The van der Waals surface area contributed by atoms with E-state index in [9.17, 15) is 4.79 Å². The van der Waals surface area contributed by atoms with Gasteiger partial charge in [0.2, 0.25) is 5.88 Å². The highest BCUT2D eigenvalue weighted by Gasteiger charge is 2.13. The summed E-state index contributed by atoms with van der Waals surface area (Å²) in [6.45, 7) is 0. The van der Waals surface area contributed by atoms with Crippen LogP contribution in [-0.4, -0.2) is 19.1 Å². The van der Waals surface area contributed by atoms with Crippen LogP contribution in [0.5, 0.6) is 0 Å². The summed E-state index contributed by atoms with van der Waals surface area (Å²) in [6, 6.07) is 0. The van der Waals surface area contributed by atoms with Crippen LogP contribution >= 0.6 is 0 Å². The molecule has 0 aromatic rings. The molecule has 0 amide bonds. The number of methoxy groups -OCH3 is 1. The molecule has 0 atom stereocenters. The quantitative estimate of drug-likeness (QED) is 0.510. The molecule has 1 aliphatic rings. The molecule has 11 heavy (non-hydrogen) atoms. The normalized spacial score (nSPS) is 16.5. The van der Waals surface area contributed by atoms with Gasteiger partial charge in [0.15, 0.2) is 5.78 Å². The van der Waals surface area contributed by atoms with Crippen molar-refractivity contribution >= 4 is 12.0 Å². The molecule has 0 bridgehead atoms. The van der Waals surface area contributed by atoms with Crippen molar-refractivity contribution in [2.45, 2.75) is 6.42 Å². The Hall–Kier alpha value is -1.56. The van der Waals surface area contributed by atoms with Crippen LogP contribution < -0.4 is 0 Å². The van der Waals surface area contributed by atoms with Crippen molar-refractivity contribution in [2.24, 2.45) is 4.99 Å². The van der Waals surface area contributed by atoms with Gasteiger partial charge < -0.3 is 4.74 Å². The van der Waals surface area contributed by atoms with E-state index in [0.29, 0.717) is 11.5 Å². The van der Waals surface area contributed by atoms with Gasteiger partial charge in [0.1, 0.15) is 0 Å². The Morgan fingerprint density at radius 2 is 2.55 bits per heavy atom. The third-order valence-corrected chi connectivity index (χ3v) is 1.30. The Morgan fingerprint density at radius 1 is 1.82 bits per heavy atom. The fourth-order valence-corrected chi connectivity index (χ4v) is 0.793. The number of terminal acetylenes is 1. The Kier molecular flexibility index (Phi) is 2.07. The zero-order valence-electron chi connectivity index (χ0n) is 6.13. The maximum Gasteiger partial charge on any atom is 0.225 e. The van der Waals surface area contributed by atoms with Gasteiger partial charge in [-0.15, -0.1) is 6.42 Å². The first-order chi connectivity index (χ1) is 5.27. The molecule has 3 heteroatoms. The van der Waals surface area contributed by atoms with E-state index < -0.39 is 0 Å². The summed E-state index contributed by atoms with van der Waals surface area (Å²) in [5, 5.41) is 0. The number of hydrogen-bond donors (Lipinski definition) is 0. The zero-order valence-corrected chi connectivity index (χ0v) is 6.13. The number of nitrogens with zero attached hydrogens (tertiary/aromatic N) is 1. The van der Waals surface area contributed by atoms with Crippen LogP contribution in [0.2, 0.25) is 0 Å². The maximum absolute atomic E-state index is 10.8. The molecule has 0 saturated carbocycles. The average molecular weight is 149 g/mol. The number of ether oxygens (including phenoxy) is 1. The summed E-state index contributed by atoms with van der Waals surface area (Å²) in [6.07, 6.45) is 6.56. The van der Waals surface area contributed by atoms with E-state index in [-0.39, 0.29) is 12.2 Å². The monoisotopic (exact) mass is 149 g/mol.